The van der Waals surface area contributed by atoms with Gasteiger partial charge in [-0.1, -0.05) is 84.1 Å². The quantitative estimate of drug-likeness (QED) is 0.391. The van der Waals surface area contributed by atoms with Crippen LogP contribution in [0.4, 0.5) is 0 Å². The van der Waals surface area contributed by atoms with Crippen molar-refractivity contribution in [3.05, 3.63) is 119 Å². The van der Waals surface area contributed by atoms with Crippen LogP contribution < -0.4 is 0 Å². The van der Waals surface area contributed by atoms with E-state index < -0.39 is 0 Å². The molecular formula is C27H19N3O4. The highest BCUT2D eigenvalue weighted by atomic mass is 16.5. The Bertz CT molecular complexity index is 1420. The zero-order valence-corrected chi connectivity index (χ0v) is 18.0. The summed E-state index contributed by atoms with van der Waals surface area (Å²) in [6.45, 7) is -0.0296. The monoisotopic (exact) mass is 449 g/mol. The minimum absolute atomic E-state index is 0.0190. The molecule has 4 aromatic rings. The fraction of sp³-hybridized carbons (Fsp3) is 0.0741. The van der Waals surface area contributed by atoms with Crippen molar-refractivity contribution in [1.82, 2.24) is 15.0 Å². The average molecular weight is 449 g/mol. The third-order valence-electron chi connectivity index (χ3n) is 5.50. The Hall–Kier alpha value is -4.65. The molecule has 0 spiro atoms. The Balaban J connectivity index is 1.21. The van der Waals surface area contributed by atoms with Crippen LogP contribution in [0.2, 0.25) is 0 Å². The molecule has 3 aromatic carbocycles. The second-order valence-corrected chi connectivity index (χ2v) is 7.81. The lowest BCUT2D eigenvalue weighted by atomic mass is 9.94. The van der Waals surface area contributed by atoms with Crippen LogP contribution in [0.25, 0.3) is 11.1 Å². The maximum atomic E-state index is 12.7. The van der Waals surface area contributed by atoms with Crippen molar-refractivity contribution in [2.24, 2.45) is 0 Å². The van der Waals surface area contributed by atoms with E-state index in [1.54, 1.807) is 42.6 Å². The standard InChI is InChI=1S/C27H19N3O4/c31-24-14-26(27(33)23-9-5-4-8-22(23)24)34-17-21-15-30(29-28-21)16-25(32)20-12-10-19(11-13-20)18-6-2-1-3-7-18/h1-15H,16-17H2. The van der Waals surface area contributed by atoms with Crippen LogP contribution in [-0.2, 0) is 17.9 Å². The summed E-state index contributed by atoms with van der Waals surface area (Å²) >= 11 is 0. The fourth-order valence-electron chi connectivity index (χ4n) is 3.75. The van der Waals surface area contributed by atoms with Gasteiger partial charge in [-0.25, -0.2) is 4.68 Å². The smallest absolute Gasteiger partial charge is 0.228 e. The number of aromatic nitrogens is 3. The third kappa shape index (κ3) is 4.31. The summed E-state index contributed by atoms with van der Waals surface area (Å²) in [5.41, 5.74) is 3.80. The van der Waals surface area contributed by atoms with Crippen LogP contribution in [0.5, 0.6) is 0 Å². The van der Waals surface area contributed by atoms with Crippen molar-refractivity contribution in [3.63, 3.8) is 0 Å². The molecule has 0 saturated carbocycles. The molecule has 0 unspecified atom stereocenters. The molecule has 0 atom stereocenters. The number of hydrogen-bond donors (Lipinski definition) is 0. The maximum absolute atomic E-state index is 12.7. The third-order valence-corrected chi connectivity index (χ3v) is 5.50. The molecule has 0 radical (unpaired) electrons. The Morgan fingerprint density at radius 3 is 2.26 bits per heavy atom. The number of nitrogens with zero attached hydrogens (tertiary/aromatic N) is 3. The van der Waals surface area contributed by atoms with Gasteiger partial charge in [0.1, 0.15) is 18.8 Å². The molecule has 34 heavy (non-hydrogen) atoms. The van der Waals surface area contributed by atoms with E-state index in [1.165, 1.54) is 10.8 Å². The van der Waals surface area contributed by atoms with Gasteiger partial charge in [-0.05, 0) is 11.1 Å². The molecule has 0 bridgehead atoms. The Labute approximate surface area is 195 Å². The molecule has 0 N–H and O–H groups in total. The lowest BCUT2D eigenvalue weighted by Gasteiger charge is -2.14. The van der Waals surface area contributed by atoms with Crippen LogP contribution >= 0.6 is 0 Å². The summed E-state index contributed by atoms with van der Waals surface area (Å²) in [4.78, 5) is 37.5. The fourth-order valence-corrected chi connectivity index (χ4v) is 3.75. The summed E-state index contributed by atoms with van der Waals surface area (Å²) in [6, 6.07) is 24.0. The minimum Gasteiger partial charge on any atom is -0.483 e. The van der Waals surface area contributed by atoms with E-state index in [4.69, 9.17) is 4.74 Å². The van der Waals surface area contributed by atoms with E-state index in [0.29, 0.717) is 22.4 Å². The van der Waals surface area contributed by atoms with Crippen molar-refractivity contribution < 1.29 is 19.1 Å². The van der Waals surface area contributed by atoms with Gasteiger partial charge in [-0.3, -0.25) is 14.4 Å². The highest BCUT2D eigenvalue weighted by Crippen LogP contribution is 2.23. The van der Waals surface area contributed by atoms with E-state index in [1.807, 2.05) is 42.5 Å². The summed E-state index contributed by atoms with van der Waals surface area (Å²) in [6.07, 6.45) is 2.78. The molecule has 0 amide bonds. The largest absolute Gasteiger partial charge is 0.483 e. The highest BCUT2D eigenvalue weighted by molar-refractivity contribution is 6.23. The lowest BCUT2D eigenvalue weighted by molar-refractivity contribution is 0.0867. The number of allylic oxidation sites excluding steroid dienone is 2. The van der Waals surface area contributed by atoms with Gasteiger partial charge in [-0.15, -0.1) is 5.10 Å². The van der Waals surface area contributed by atoms with Crippen LogP contribution in [-0.4, -0.2) is 32.3 Å². The topological polar surface area (TPSA) is 91.2 Å². The molecule has 0 fully saturated rings. The van der Waals surface area contributed by atoms with Gasteiger partial charge in [0.05, 0.1) is 6.20 Å². The minimum atomic E-state index is -0.350. The Morgan fingerprint density at radius 1 is 0.824 bits per heavy atom. The molecule has 1 heterocycles. The molecule has 5 rings (SSSR count). The second-order valence-electron chi connectivity index (χ2n) is 7.81. The van der Waals surface area contributed by atoms with Gasteiger partial charge in [-0.2, -0.15) is 0 Å². The number of ketones is 3. The second kappa shape index (κ2) is 9.07. The number of ether oxygens (including phenoxy) is 1. The van der Waals surface area contributed by atoms with Crippen molar-refractivity contribution >= 4 is 17.3 Å². The molecule has 1 aromatic heterocycles. The van der Waals surface area contributed by atoms with E-state index >= 15 is 0 Å². The van der Waals surface area contributed by atoms with Crippen LogP contribution in [0.1, 0.15) is 36.8 Å². The number of benzene rings is 3. The first-order chi connectivity index (χ1) is 16.6. The molecule has 0 aliphatic heterocycles. The average Bonchev–Trinajstić information content (AvgIpc) is 3.33. The van der Waals surface area contributed by atoms with Gasteiger partial charge >= 0.3 is 0 Å². The molecule has 7 nitrogen and oxygen atoms in total. The van der Waals surface area contributed by atoms with Gasteiger partial charge in [0.25, 0.3) is 0 Å². The van der Waals surface area contributed by atoms with Crippen molar-refractivity contribution in [2.45, 2.75) is 13.2 Å². The zero-order chi connectivity index (χ0) is 23.5. The predicted molar refractivity (Wildman–Crippen MR) is 124 cm³/mol. The van der Waals surface area contributed by atoms with E-state index in [-0.39, 0.29) is 36.3 Å². The first-order valence-corrected chi connectivity index (χ1v) is 10.7. The van der Waals surface area contributed by atoms with E-state index in [2.05, 4.69) is 10.3 Å². The van der Waals surface area contributed by atoms with Gasteiger partial charge < -0.3 is 4.74 Å². The zero-order valence-electron chi connectivity index (χ0n) is 18.0. The molecule has 1 aliphatic carbocycles. The lowest BCUT2D eigenvalue weighted by Crippen LogP contribution is -2.18. The SMILES string of the molecule is O=C(Cn1cc(COC2=CC(=O)c3ccccc3C2=O)nn1)c1ccc(-c2ccccc2)cc1. The van der Waals surface area contributed by atoms with Crippen molar-refractivity contribution in [3.8, 4) is 11.1 Å². The summed E-state index contributed by atoms with van der Waals surface area (Å²) < 4.78 is 6.98. The maximum Gasteiger partial charge on any atom is 0.228 e. The number of fused-ring (bicyclic) bond motifs is 1. The predicted octanol–water partition coefficient (Wildman–Crippen LogP) is 4.31. The molecule has 1 aliphatic rings. The van der Waals surface area contributed by atoms with Crippen LogP contribution in [0.3, 0.4) is 0 Å². The number of hydrogen-bond acceptors (Lipinski definition) is 6. The number of Topliss-reactive ketones (excluding diaryl/α,β-unsaturated/α-hetero) is 2. The normalized spacial score (nSPS) is 12.8. The Morgan fingerprint density at radius 2 is 1.50 bits per heavy atom. The molecule has 7 heteroatoms. The van der Waals surface area contributed by atoms with Gasteiger partial charge in [0, 0.05) is 22.8 Å². The molecular weight excluding hydrogens is 430 g/mol. The number of carbonyl (C=O) groups excluding carboxylic acids is 3. The number of rotatable bonds is 7. The van der Waals surface area contributed by atoms with E-state index in [0.717, 1.165) is 11.1 Å². The summed E-state index contributed by atoms with van der Waals surface area (Å²) in [7, 11) is 0. The first-order valence-electron chi connectivity index (χ1n) is 10.7. The number of carbonyl (C=O) groups is 3. The van der Waals surface area contributed by atoms with Crippen molar-refractivity contribution in [1.29, 1.82) is 0 Å². The summed E-state index contributed by atoms with van der Waals surface area (Å²) in [5.74, 6) is -0.772. The Kier molecular flexibility index (Phi) is 5.66. The summed E-state index contributed by atoms with van der Waals surface area (Å²) in [5, 5.41) is 7.98. The molecule has 166 valence electrons. The van der Waals surface area contributed by atoms with Crippen LogP contribution in [0, 0.1) is 0 Å². The van der Waals surface area contributed by atoms with Gasteiger partial charge in [0.2, 0.25) is 5.78 Å². The molecule has 0 saturated heterocycles. The highest BCUT2D eigenvalue weighted by Gasteiger charge is 2.26. The first kappa shape index (κ1) is 21.2. The van der Waals surface area contributed by atoms with E-state index in [9.17, 15) is 14.4 Å². The van der Waals surface area contributed by atoms with Crippen LogP contribution in [0.15, 0.2) is 96.9 Å². The van der Waals surface area contributed by atoms with Gasteiger partial charge in [0.15, 0.2) is 17.3 Å². The van der Waals surface area contributed by atoms with Crippen molar-refractivity contribution in [2.75, 3.05) is 0 Å².